The van der Waals surface area contributed by atoms with Crippen molar-refractivity contribution in [3.8, 4) is 5.75 Å². The van der Waals surface area contributed by atoms with E-state index in [0.29, 0.717) is 13.2 Å². The van der Waals surface area contributed by atoms with Crippen LogP contribution in [0.15, 0.2) is 47.5 Å². The Balaban J connectivity index is 1.39. The molecule has 1 unspecified atom stereocenters. The van der Waals surface area contributed by atoms with E-state index >= 15 is 0 Å². The maximum Gasteiger partial charge on any atom is 0.241 e. The Hall–Kier alpha value is -2.80. The first kappa shape index (κ1) is 20.5. The number of carbonyl (C=O) groups excluding carboxylic acids is 1. The Labute approximate surface area is 177 Å². The monoisotopic (exact) mass is 409 g/mol. The van der Waals surface area contributed by atoms with E-state index in [-0.39, 0.29) is 30.1 Å². The molecule has 0 bridgehead atoms. The molecular formula is C23H31N5O2. The number of fused-ring (bicyclic) bond motifs is 2. The zero-order valence-corrected chi connectivity index (χ0v) is 17.5. The zero-order chi connectivity index (χ0) is 21.1. The van der Waals surface area contributed by atoms with Gasteiger partial charge in [0.25, 0.3) is 0 Å². The van der Waals surface area contributed by atoms with E-state index in [1.165, 1.54) is 5.39 Å². The number of aliphatic imine (C=N–C) groups is 1. The third-order valence-electron chi connectivity index (χ3n) is 6.25. The van der Waals surface area contributed by atoms with Crippen molar-refractivity contribution in [3.05, 3.63) is 42.5 Å². The summed E-state index contributed by atoms with van der Waals surface area (Å²) in [5, 5.41) is 2.36. The average Bonchev–Trinajstić information content (AvgIpc) is 3.28. The number of guanidine groups is 1. The number of nitrogens with two attached hydrogens (primary N) is 2. The minimum Gasteiger partial charge on any atom is -0.491 e. The van der Waals surface area contributed by atoms with Crippen molar-refractivity contribution in [2.24, 2.45) is 16.5 Å². The van der Waals surface area contributed by atoms with E-state index in [9.17, 15) is 4.79 Å². The molecule has 2 aromatic rings. The minimum atomic E-state index is -0.0855. The molecule has 0 radical (unpaired) electrons. The SMILES string of the molecule is CCN1C2CC[C@H](COc3ccc4ccccc4c3)N2C(=O)[C@@H]1CCCN=C(N)N. The molecule has 3 atom stereocenters. The second kappa shape index (κ2) is 8.92. The molecule has 0 saturated carbocycles. The molecule has 2 aliphatic heterocycles. The van der Waals surface area contributed by atoms with Crippen LogP contribution >= 0.6 is 0 Å². The smallest absolute Gasteiger partial charge is 0.241 e. The van der Waals surface area contributed by atoms with Crippen LogP contribution in [-0.2, 0) is 4.79 Å². The quantitative estimate of drug-likeness (QED) is 0.396. The fourth-order valence-electron chi connectivity index (χ4n) is 4.86. The number of benzene rings is 2. The summed E-state index contributed by atoms with van der Waals surface area (Å²) in [6.45, 7) is 4.07. The summed E-state index contributed by atoms with van der Waals surface area (Å²) in [6, 6.07) is 14.4. The summed E-state index contributed by atoms with van der Waals surface area (Å²) in [6.07, 6.45) is 3.72. The summed E-state index contributed by atoms with van der Waals surface area (Å²) in [5.74, 6) is 1.17. The maximum absolute atomic E-state index is 13.2. The standard InChI is InChI=1S/C23H31N5O2/c1-2-27-20(8-5-13-26-23(24)25)22(29)28-18(10-12-21(27)28)15-30-19-11-9-16-6-3-4-7-17(16)14-19/h3-4,6-7,9,11,14,18,20-21H,2,5,8,10,12-13,15H2,1H3,(H4,24,25,26)/t18-,20+,21?/m1/s1. The number of likely N-dealkylation sites (N-methyl/N-ethyl adjacent to an activating group) is 1. The minimum absolute atomic E-state index is 0.0855. The second-order valence-electron chi connectivity index (χ2n) is 8.07. The molecule has 2 aromatic carbocycles. The molecule has 7 heteroatoms. The first-order valence-electron chi connectivity index (χ1n) is 10.8. The van der Waals surface area contributed by atoms with E-state index in [1.54, 1.807) is 0 Å². The molecule has 7 nitrogen and oxygen atoms in total. The van der Waals surface area contributed by atoms with Crippen LogP contribution in [-0.4, -0.2) is 59.6 Å². The van der Waals surface area contributed by atoms with Crippen LogP contribution < -0.4 is 16.2 Å². The predicted molar refractivity (Wildman–Crippen MR) is 119 cm³/mol. The van der Waals surface area contributed by atoms with Gasteiger partial charge < -0.3 is 21.1 Å². The Kier molecular flexibility index (Phi) is 6.08. The Morgan fingerprint density at radius 1 is 1.17 bits per heavy atom. The maximum atomic E-state index is 13.2. The summed E-state index contributed by atoms with van der Waals surface area (Å²) in [5.41, 5.74) is 10.8. The molecule has 2 aliphatic rings. The van der Waals surface area contributed by atoms with Gasteiger partial charge in [0.1, 0.15) is 12.4 Å². The van der Waals surface area contributed by atoms with Gasteiger partial charge in [-0.25, -0.2) is 0 Å². The van der Waals surface area contributed by atoms with Crippen molar-refractivity contribution in [2.45, 2.75) is 50.9 Å². The van der Waals surface area contributed by atoms with Crippen LogP contribution in [0.3, 0.4) is 0 Å². The van der Waals surface area contributed by atoms with Gasteiger partial charge in [0.15, 0.2) is 5.96 Å². The fourth-order valence-corrected chi connectivity index (χ4v) is 4.86. The van der Waals surface area contributed by atoms with Gasteiger partial charge in [-0.05, 0) is 55.1 Å². The van der Waals surface area contributed by atoms with Crippen molar-refractivity contribution in [2.75, 3.05) is 19.7 Å². The third-order valence-corrected chi connectivity index (χ3v) is 6.25. The average molecular weight is 410 g/mol. The van der Waals surface area contributed by atoms with Crippen molar-refractivity contribution in [1.82, 2.24) is 9.80 Å². The van der Waals surface area contributed by atoms with E-state index in [4.69, 9.17) is 16.2 Å². The van der Waals surface area contributed by atoms with Gasteiger partial charge in [0, 0.05) is 6.54 Å². The molecule has 2 fully saturated rings. The molecule has 4 rings (SSSR count). The topological polar surface area (TPSA) is 97.2 Å². The second-order valence-corrected chi connectivity index (χ2v) is 8.07. The van der Waals surface area contributed by atoms with Crippen LogP contribution in [0.5, 0.6) is 5.75 Å². The Bertz CT molecular complexity index is 927. The van der Waals surface area contributed by atoms with E-state index in [0.717, 1.165) is 43.4 Å². The van der Waals surface area contributed by atoms with Crippen LogP contribution in [0.4, 0.5) is 0 Å². The van der Waals surface area contributed by atoms with Gasteiger partial charge in [-0.2, -0.15) is 0 Å². The van der Waals surface area contributed by atoms with Crippen molar-refractivity contribution in [1.29, 1.82) is 0 Å². The largest absolute Gasteiger partial charge is 0.491 e. The van der Waals surface area contributed by atoms with Gasteiger partial charge in [-0.1, -0.05) is 37.3 Å². The van der Waals surface area contributed by atoms with Gasteiger partial charge in [0.2, 0.25) is 5.91 Å². The van der Waals surface area contributed by atoms with E-state index < -0.39 is 0 Å². The first-order chi connectivity index (χ1) is 14.6. The molecule has 2 heterocycles. The lowest BCUT2D eigenvalue weighted by molar-refractivity contribution is -0.131. The molecule has 2 saturated heterocycles. The van der Waals surface area contributed by atoms with Gasteiger partial charge in [-0.3, -0.25) is 14.7 Å². The van der Waals surface area contributed by atoms with Crippen LogP contribution in [0.2, 0.25) is 0 Å². The van der Waals surface area contributed by atoms with Gasteiger partial charge in [0.05, 0.1) is 18.2 Å². The first-order valence-corrected chi connectivity index (χ1v) is 10.8. The molecular weight excluding hydrogens is 378 g/mol. The zero-order valence-electron chi connectivity index (χ0n) is 17.5. The van der Waals surface area contributed by atoms with Gasteiger partial charge >= 0.3 is 0 Å². The van der Waals surface area contributed by atoms with Crippen molar-refractivity contribution >= 4 is 22.6 Å². The normalized spacial score (nSPS) is 23.7. The lowest BCUT2D eigenvalue weighted by atomic mass is 10.1. The number of carbonyl (C=O) groups is 1. The molecule has 4 N–H and O–H groups in total. The fraction of sp³-hybridized carbons (Fsp3) is 0.478. The number of amides is 1. The molecule has 1 amide bonds. The number of rotatable bonds is 8. The number of hydrogen-bond donors (Lipinski definition) is 2. The molecule has 0 aromatic heterocycles. The van der Waals surface area contributed by atoms with Crippen molar-refractivity contribution in [3.63, 3.8) is 0 Å². The summed E-state index contributed by atoms with van der Waals surface area (Å²) in [7, 11) is 0. The van der Waals surface area contributed by atoms with Crippen LogP contribution in [0.1, 0.15) is 32.6 Å². The van der Waals surface area contributed by atoms with E-state index in [1.807, 2.05) is 18.2 Å². The number of hydrogen-bond acceptors (Lipinski definition) is 4. The lowest BCUT2D eigenvalue weighted by Crippen LogP contribution is -2.41. The Morgan fingerprint density at radius 2 is 1.97 bits per heavy atom. The third kappa shape index (κ3) is 4.07. The summed E-state index contributed by atoms with van der Waals surface area (Å²) < 4.78 is 6.13. The highest BCUT2D eigenvalue weighted by Gasteiger charge is 2.50. The summed E-state index contributed by atoms with van der Waals surface area (Å²) in [4.78, 5) is 21.7. The van der Waals surface area contributed by atoms with Gasteiger partial charge in [-0.15, -0.1) is 0 Å². The van der Waals surface area contributed by atoms with Crippen LogP contribution in [0.25, 0.3) is 10.8 Å². The number of nitrogens with zero attached hydrogens (tertiary/aromatic N) is 3. The molecule has 160 valence electrons. The predicted octanol–water partition coefficient (Wildman–Crippen LogP) is 2.29. The Morgan fingerprint density at radius 3 is 2.73 bits per heavy atom. The summed E-state index contributed by atoms with van der Waals surface area (Å²) >= 11 is 0. The van der Waals surface area contributed by atoms with Crippen LogP contribution in [0, 0.1) is 0 Å². The van der Waals surface area contributed by atoms with E-state index in [2.05, 4.69) is 46.0 Å². The lowest BCUT2D eigenvalue weighted by Gasteiger charge is -2.27. The highest BCUT2D eigenvalue weighted by molar-refractivity contribution is 5.85. The molecule has 0 spiro atoms. The number of ether oxygens (including phenoxy) is 1. The molecule has 30 heavy (non-hydrogen) atoms. The van der Waals surface area contributed by atoms with Crippen molar-refractivity contribution < 1.29 is 9.53 Å². The highest BCUT2D eigenvalue weighted by atomic mass is 16.5. The molecule has 0 aliphatic carbocycles. The highest BCUT2D eigenvalue weighted by Crippen LogP contribution is 2.36.